The Bertz CT molecular complexity index is 1480. The number of hydrogen-bond acceptors (Lipinski definition) is 7. The van der Waals surface area contributed by atoms with Gasteiger partial charge in [-0.2, -0.15) is 15.5 Å². The summed E-state index contributed by atoms with van der Waals surface area (Å²) < 4.78 is 24.1. The Balaban J connectivity index is 1.64. The van der Waals surface area contributed by atoms with Crippen LogP contribution in [0.3, 0.4) is 0 Å². The Kier molecular flexibility index (Phi) is 6.35. The monoisotopic (exact) mass is 488 g/mol. The third-order valence-electron chi connectivity index (χ3n) is 6.19. The van der Waals surface area contributed by atoms with Crippen molar-refractivity contribution in [2.24, 2.45) is 0 Å². The van der Waals surface area contributed by atoms with Crippen molar-refractivity contribution in [2.75, 3.05) is 25.6 Å². The van der Waals surface area contributed by atoms with Gasteiger partial charge in [0, 0.05) is 53.9 Å². The smallest absolute Gasteiger partial charge is 0.251 e. The highest BCUT2D eigenvalue weighted by atomic mass is 19.1. The van der Waals surface area contributed by atoms with Crippen LogP contribution in [-0.4, -0.2) is 56.6 Å². The summed E-state index contributed by atoms with van der Waals surface area (Å²) in [6.45, 7) is 3.33. The van der Waals surface area contributed by atoms with Crippen LogP contribution in [0.5, 0.6) is 0 Å². The van der Waals surface area contributed by atoms with Crippen LogP contribution in [0, 0.1) is 24.1 Å². The number of benzene rings is 1. The van der Waals surface area contributed by atoms with Crippen LogP contribution in [0.25, 0.3) is 27.9 Å². The first kappa shape index (κ1) is 23.4. The van der Waals surface area contributed by atoms with E-state index in [1.54, 1.807) is 28.5 Å². The second-order valence-electron chi connectivity index (χ2n) is 8.67. The number of aromatic nitrogens is 5. The minimum atomic E-state index is -0.430. The van der Waals surface area contributed by atoms with Gasteiger partial charge in [0.1, 0.15) is 11.6 Å². The molecule has 4 heterocycles. The number of fused-ring (bicyclic) bond motifs is 1. The number of nitrogens with one attached hydrogen (secondary N) is 2. The number of carbonyl (C=O) groups excluding carboxylic acids is 1. The number of rotatable bonds is 7. The molecule has 1 aliphatic rings. The lowest BCUT2D eigenvalue weighted by Gasteiger charge is -2.15. The number of halogens is 1. The molecule has 0 bridgehead atoms. The Labute approximate surface area is 206 Å². The summed E-state index contributed by atoms with van der Waals surface area (Å²) in [5.74, 6) is -0.136. The molecule has 3 aromatic heterocycles. The van der Waals surface area contributed by atoms with E-state index in [-0.39, 0.29) is 17.5 Å². The molecule has 11 heteroatoms. The molecule has 5 rings (SSSR count). The third-order valence-corrected chi connectivity index (χ3v) is 6.19. The number of carbonyl (C=O) groups is 1. The quantitative estimate of drug-likeness (QED) is 0.410. The summed E-state index contributed by atoms with van der Waals surface area (Å²) in [6.07, 6.45) is 8.14. The minimum absolute atomic E-state index is 0.0780. The van der Waals surface area contributed by atoms with Crippen molar-refractivity contribution in [3.63, 3.8) is 0 Å². The highest BCUT2D eigenvalue weighted by molar-refractivity contribution is 5.96. The van der Waals surface area contributed by atoms with E-state index >= 15 is 4.39 Å². The zero-order valence-corrected chi connectivity index (χ0v) is 20.0. The lowest BCUT2D eigenvalue weighted by atomic mass is 10.0. The fourth-order valence-electron chi connectivity index (χ4n) is 4.29. The van der Waals surface area contributed by atoms with Gasteiger partial charge in [0.15, 0.2) is 5.65 Å². The molecule has 1 fully saturated rings. The van der Waals surface area contributed by atoms with Crippen molar-refractivity contribution in [3.05, 3.63) is 53.9 Å². The zero-order valence-electron chi connectivity index (χ0n) is 20.0. The van der Waals surface area contributed by atoms with Gasteiger partial charge in [0.05, 0.1) is 44.1 Å². The van der Waals surface area contributed by atoms with Gasteiger partial charge >= 0.3 is 0 Å². The van der Waals surface area contributed by atoms with E-state index in [1.165, 1.54) is 19.2 Å². The Morgan fingerprint density at radius 1 is 1.25 bits per heavy atom. The van der Waals surface area contributed by atoms with Gasteiger partial charge < -0.3 is 15.4 Å². The molecule has 36 heavy (non-hydrogen) atoms. The van der Waals surface area contributed by atoms with Crippen LogP contribution in [0.1, 0.15) is 28.8 Å². The fraction of sp³-hybridized carbons (Fsp3) is 0.320. The lowest BCUT2D eigenvalue weighted by molar-refractivity contribution is 0.0963. The number of anilines is 1. The number of nitriles is 1. The van der Waals surface area contributed by atoms with Gasteiger partial charge in [-0.25, -0.2) is 13.9 Å². The van der Waals surface area contributed by atoms with E-state index in [1.807, 2.05) is 12.4 Å². The predicted octanol–water partition coefficient (Wildman–Crippen LogP) is 3.18. The van der Waals surface area contributed by atoms with Crippen molar-refractivity contribution in [3.8, 4) is 28.3 Å². The third kappa shape index (κ3) is 4.38. The minimum Gasteiger partial charge on any atom is -0.379 e. The zero-order chi connectivity index (χ0) is 25.2. The normalized spacial score (nSPS) is 15.2. The summed E-state index contributed by atoms with van der Waals surface area (Å²) >= 11 is 0. The molecule has 2 N–H and O–H groups in total. The molecule has 1 amide bonds. The first-order valence-electron chi connectivity index (χ1n) is 11.6. The van der Waals surface area contributed by atoms with Crippen LogP contribution in [0.2, 0.25) is 0 Å². The molecule has 10 nitrogen and oxygen atoms in total. The maximum absolute atomic E-state index is 15.3. The molecule has 0 spiro atoms. The molecule has 0 aliphatic carbocycles. The van der Waals surface area contributed by atoms with Crippen LogP contribution in [-0.2, 0) is 11.3 Å². The number of amides is 1. The molecular weight excluding hydrogens is 463 g/mol. The highest BCUT2D eigenvalue weighted by Gasteiger charge is 2.22. The summed E-state index contributed by atoms with van der Waals surface area (Å²) in [6, 6.07) is 5.24. The highest BCUT2D eigenvalue weighted by Crippen LogP contribution is 2.33. The first-order chi connectivity index (χ1) is 17.5. The van der Waals surface area contributed by atoms with Crippen LogP contribution in [0.4, 0.5) is 10.2 Å². The Morgan fingerprint density at radius 3 is 2.86 bits per heavy atom. The molecule has 1 aromatic carbocycles. The summed E-state index contributed by atoms with van der Waals surface area (Å²) in [5.41, 5.74) is 3.46. The van der Waals surface area contributed by atoms with E-state index in [0.717, 1.165) is 17.5 Å². The van der Waals surface area contributed by atoms with Crippen LogP contribution < -0.4 is 10.6 Å². The summed E-state index contributed by atoms with van der Waals surface area (Å²) in [7, 11) is 1.53. The first-order valence-corrected chi connectivity index (χ1v) is 11.6. The average molecular weight is 489 g/mol. The van der Waals surface area contributed by atoms with E-state index in [2.05, 4.69) is 26.9 Å². The maximum Gasteiger partial charge on any atom is 0.251 e. The number of aryl methyl sites for hydroxylation is 2. The molecule has 1 atom stereocenters. The molecule has 1 unspecified atom stereocenters. The maximum atomic E-state index is 15.3. The predicted molar refractivity (Wildman–Crippen MR) is 131 cm³/mol. The van der Waals surface area contributed by atoms with Crippen molar-refractivity contribution in [1.29, 1.82) is 5.26 Å². The topological polar surface area (TPSA) is 122 Å². The SMILES string of the molecule is CNC(=O)c1cc(C)c(F)c(-c2cnn3cc(-c4cnn(CCC#N)c4)c(NC4CCOC4)nc23)c1. The van der Waals surface area contributed by atoms with Crippen molar-refractivity contribution in [1.82, 2.24) is 29.7 Å². The lowest BCUT2D eigenvalue weighted by Crippen LogP contribution is -2.20. The second-order valence-corrected chi connectivity index (χ2v) is 8.67. The van der Waals surface area contributed by atoms with Gasteiger partial charge in [-0.15, -0.1) is 0 Å². The van der Waals surface area contributed by atoms with Gasteiger partial charge in [0.25, 0.3) is 5.91 Å². The Morgan fingerprint density at radius 2 is 2.11 bits per heavy atom. The van der Waals surface area contributed by atoms with E-state index < -0.39 is 5.82 Å². The van der Waals surface area contributed by atoms with E-state index in [0.29, 0.717) is 54.3 Å². The van der Waals surface area contributed by atoms with Gasteiger partial charge in [0.2, 0.25) is 0 Å². The summed E-state index contributed by atoms with van der Waals surface area (Å²) in [4.78, 5) is 17.1. The van der Waals surface area contributed by atoms with Crippen molar-refractivity contribution in [2.45, 2.75) is 32.4 Å². The van der Waals surface area contributed by atoms with Gasteiger partial charge in [-0.1, -0.05) is 0 Å². The van der Waals surface area contributed by atoms with E-state index in [4.69, 9.17) is 15.0 Å². The molecule has 4 aromatic rings. The number of nitrogens with zero attached hydrogens (tertiary/aromatic N) is 6. The fourth-order valence-corrected chi connectivity index (χ4v) is 4.29. The van der Waals surface area contributed by atoms with Gasteiger partial charge in [-0.05, 0) is 31.0 Å². The van der Waals surface area contributed by atoms with Crippen molar-refractivity contribution < 1.29 is 13.9 Å². The molecule has 184 valence electrons. The van der Waals surface area contributed by atoms with Crippen LogP contribution in [0.15, 0.2) is 36.9 Å². The van der Waals surface area contributed by atoms with Crippen molar-refractivity contribution >= 4 is 17.4 Å². The number of hydrogen-bond donors (Lipinski definition) is 2. The van der Waals surface area contributed by atoms with Gasteiger partial charge in [-0.3, -0.25) is 9.48 Å². The standard InChI is InChI=1S/C25H25FN8O2/c1-15-8-16(25(35)28-2)9-19(22(15)26)20-11-30-34-13-21(17-10-29-33(12-17)6-3-5-27)23(32-24(20)34)31-18-4-7-36-14-18/h8-13,18H,3-4,6-7,14H2,1-2H3,(H,28,35)(H,31,32). The molecule has 0 saturated carbocycles. The molecule has 0 radical (unpaired) electrons. The van der Waals surface area contributed by atoms with E-state index in [9.17, 15) is 4.79 Å². The molecule has 1 saturated heterocycles. The molecular formula is C25H25FN8O2. The average Bonchev–Trinajstić information content (AvgIpc) is 3.65. The number of ether oxygens (including phenoxy) is 1. The second kappa shape index (κ2) is 9.75. The Hall–Kier alpha value is -4.30. The van der Waals surface area contributed by atoms with Crippen LogP contribution >= 0.6 is 0 Å². The molecule has 1 aliphatic heterocycles. The summed E-state index contributed by atoms with van der Waals surface area (Å²) in [5, 5.41) is 23.7. The largest absolute Gasteiger partial charge is 0.379 e.